The van der Waals surface area contributed by atoms with Crippen LogP contribution >= 0.6 is 0 Å². The molecule has 4 rings (SSSR count). The lowest BCUT2D eigenvalue weighted by molar-refractivity contribution is -0.150. The van der Waals surface area contributed by atoms with Gasteiger partial charge in [-0.25, -0.2) is 4.31 Å². The number of aromatic amines is 1. The van der Waals surface area contributed by atoms with E-state index in [9.17, 15) is 32.5 Å². The van der Waals surface area contributed by atoms with E-state index in [0.29, 0.717) is 42.5 Å². The van der Waals surface area contributed by atoms with Crippen molar-refractivity contribution in [3.63, 3.8) is 0 Å². The molecular formula is C16H20N4O7S. The van der Waals surface area contributed by atoms with Crippen LogP contribution in [0, 0.1) is 11.3 Å². The predicted octanol–water partition coefficient (Wildman–Crippen LogP) is -1.58. The first-order chi connectivity index (χ1) is 13.1. The molecule has 2 saturated heterocycles. The Morgan fingerprint density at radius 2 is 2.00 bits per heavy atom. The second-order valence-electron chi connectivity index (χ2n) is 7.59. The van der Waals surface area contributed by atoms with Crippen LogP contribution in [-0.2, 0) is 26.4 Å². The zero-order chi connectivity index (χ0) is 20.3. The summed E-state index contributed by atoms with van der Waals surface area (Å²) in [6, 6.07) is 0.562. The average Bonchev–Trinajstić information content (AvgIpc) is 3.38. The molecule has 3 aliphatic rings. The molecule has 0 aromatic carbocycles. The molecule has 1 spiro atoms. The molecule has 1 atom stereocenters. The number of aromatic nitrogens is 1. The standard InChI is InChI=1S/C16H20N4O7S/c21-11-3-10(17-4-12(11)22)8-19-6-9(7-19)14(23)18-5-13-16(1-2-16)15(24)20(13)28(25,26)27/h3-4,9,13,22H,1-2,5-8H2,(H,17,21)(H,18,23)(H,25,26,27)/t13-/m1/s1. The van der Waals surface area contributed by atoms with Crippen LogP contribution in [0.3, 0.4) is 0 Å². The number of carbonyl (C=O) groups excluding carboxylic acids is 2. The molecule has 1 saturated carbocycles. The van der Waals surface area contributed by atoms with Gasteiger partial charge in [-0.05, 0) is 12.8 Å². The van der Waals surface area contributed by atoms with E-state index in [-0.39, 0.29) is 24.1 Å². The maximum Gasteiger partial charge on any atom is 0.362 e. The van der Waals surface area contributed by atoms with Crippen LogP contribution in [0.1, 0.15) is 18.5 Å². The van der Waals surface area contributed by atoms with Crippen LogP contribution in [0.15, 0.2) is 17.1 Å². The topological polar surface area (TPSA) is 160 Å². The van der Waals surface area contributed by atoms with Gasteiger partial charge in [-0.1, -0.05) is 0 Å². The number of aromatic hydroxyl groups is 1. The summed E-state index contributed by atoms with van der Waals surface area (Å²) < 4.78 is 32.4. The van der Waals surface area contributed by atoms with E-state index >= 15 is 0 Å². The Hall–Kier alpha value is -2.44. The van der Waals surface area contributed by atoms with Crippen molar-refractivity contribution in [3.8, 4) is 5.75 Å². The first-order valence-electron chi connectivity index (χ1n) is 8.84. The van der Waals surface area contributed by atoms with Gasteiger partial charge < -0.3 is 15.4 Å². The number of H-pyrrole nitrogens is 1. The zero-order valence-corrected chi connectivity index (χ0v) is 15.6. The van der Waals surface area contributed by atoms with Gasteiger partial charge in [0.2, 0.25) is 17.2 Å². The maximum absolute atomic E-state index is 12.3. The van der Waals surface area contributed by atoms with E-state index in [2.05, 4.69) is 10.3 Å². The molecule has 3 fully saturated rings. The smallest absolute Gasteiger partial charge is 0.362 e. The summed E-state index contributed by atoms with van der Waals surface area (Å²) >= 11 is 0. The van der Waals surface area contributed by atoms with Gasteiger partial charge in [0.1, 0.15) is 0 Å². The summed E-state index contributed by atoms with van der Waals surface area (Å²) in [5.41, 5.74) is -0.607. The van der Waals surface area contributed by atoms with Crippen LogP contribution in [0.4, 0.5) is 0 Å². The van der Waals surface area contributed by atoms with Crippen molar-refractivity contribution in [1.82, 2.24) is 19.5 Å². The molecule has 11 nitrogen and oxygen atoms in total. The molecule has 2 amide bonds. The second-order valence-corrected chi connectivity index (χ2v) is 8.88. The lowest BCUT2D eigenvalue weighted by Gasteiger charge is -2.45. The number of nitrogens with zero attached hydrogens (tertiary/aromatic N) is 2. The first-order valence-corrected chi connectivity index (χ1v) is 10.2. The van der Waals surface area contributed by atoms with Gasteiger partial charge in [0.15, 0.2) is 5.75 Å². The number of carbonyl (C=O) groups is 2. The van der Waals surface area contributed by atoms with Crippen molar-refractivity contribution in [1.29, 1.82) is 0 Å². The molecule has 0 bridgehead atoms. The monoisotopic (exact) mass is 412 g/mol. The van der Waals surface area contributed by atoms with Crippen molar-refractivity contribution >= 4 is 22.1 Å². The highest BCUT2D eigenvalue weighted by Gasteiger charge is 2.71. The second kappa shape index (κ2) is 6.29. The summed E-state index contributed by atoms with van der Waals surface area (Å²) in [7, 11) is -4.63. The maximum atomic E-state index is 12.3. The third-order valence-electron chi connectivity index (χ3n) is 5.73. The van der Waals surface area contributed by atoms with E-state index in [0.717, 1.165) is 0 Å². The third kappa shape index (κ3) is 3.06. The number of pyridine rings is 1. The summed E-state index contributed by atoms with van der Waals surface area (Å²) in [6.45, 7) is 1.33. The Morgan fingerprint density at radius 3 is 2.57 bits per heavy atom. The van der Waals surface area contributed by atoms with Gasteiger partial charge in [-0.3, -0.25) is 23.8 Å². The molecule has 0 radical (unpaired) electrons. The lowest BCUT2D eigenvalue weighted by atomic mass is 9.86. The summed E-state index contributed by atoms with van der Waals surface area (Å²) in [6.07, 6.45) is 2.33. The van der Waals surface area contributed by atoms with Gasteiger partial charge in [0, 0.05) is 44.1 Å². The number of β-lactam (4-membered cyclic amide) rings is 1. The van der Waals surface area contributed by atoms with Crippen LogP contribution in [0.25, 0.3) is 0 Å². The number of likely N-dealkylation sites (tertiary alicyclic amines) is 1. The highest BCUT2D eigenvalue weighted by Crippen LogP contribution is 2.59. The van der Waals surface area contributed by atoms with E-state index in [1.807, 2.05) is 4.90 Å². The minimum Gasteiger partial charge on any atom is -0.503 e. The molecule has 1 aliphatic carbocycles. The Balaban J connectivity index is 1.27. The van der Waals surface area contributed by atoms with Crippen molar-refractivity contribution in [2.45, 2.75) is 25.4 Å². The number of hydrogen-bond acceptors (Lipinski definition) is 7. The minimum atomic E-state index is -4.63. The van der Waals surface area contributed by atoms with Gasteiger partial charge >= 0.3 is 10.3 Å². The fourth-order valence-electron chi connectivity index (χ4n) is 3.93. The summed E-state index contributed by atoms with van der Waals surface area (Å²) in [5, 5.41) is 11.9. The summed E-state index contributed by atoms with van der Waals surface area (Å²) in [4.78, 5) is 40.4. The molecule has 2 aliphatic heterocycles. The fraction of sp³-hybridized carbons (Fsp3) is 0.562. The number of hydrogen-bond donors (Lipinski definition) is 4. The van der Waals surface area contributed by atoms with Crippen LogP contribution in [-0.4, -0.2) is 69.8 Å². The lowest BCUT2D eigenvalue weighted by Crippen LogP contribution is -2.68. The minimum absolute atomic E-state index is 0.0217. The largest absolute Gasteiger partial charge is 0.503 e. The number of amides is 2. The van der Waals surface area contributed by atoms with Crippen LogP contribution in [0.5, 0.6) is 5.75 Å². The van der Waals surface area contributed by atoms with Crippen LogP contribution in [0.2, 0.25) is 0 Å². The number of rotatable bonds is 6. The van der Waals surface area contributed by atoms with Crippen molar-refractivity contribution in [3.05, 3.63) is 28.2 Å². The van der Waals surface area contributed by atoms with Crippen molar-refractivity contribution in [2.75, 3.05) is 19.6 Å². The molecule has 4 N–H and O–H groups in total. The van der Waals surface area contributed by atoms with Crippen molar-refractivity contribution in [2.24, 2.45) is 11.3 Å². The first kappa shape index (κ1) is 18.9. The van der Waals surface area contributed by atoms with E-state index < -0.39 is 33.1 Å². The highest BCUT2D eigenvalue weighted by atomic mass is 32.2. The Labute approximate surface area is 160 Å². The normalized spacial score (nSPS) is 24.0. The quantitative estimate of drug-likeness (QED) is 0.322. The molecule has 12 heteroatoms. The molecule has 0 unspecified atom stereocenters. The molecule has 152 valence electrons. The Morgan fingerprint density at radius 1 is 1.32 bits per heavy atom. The number of nitrogens with one attached hydrogen (secondary N) is 2. The zero-order valence-electron chi connectivity index (χ0n) is 14.8. The summed E-state index contributed by atoms with van der Waals surface area (Å²) in [5.74, 6) is -1.49. The SMILES string of the molecule is O=C(NC[C@H]1N(S(=O)(=O)O)C(=O)C12CC2)C1CN(Cc2cc(=O)c(O)c[nH]2)C1. The molecule has 3 heterocycles. The molecule has 1 aromatic rings. The van der Waals surface area contributed by atoms with Crippen LogP contribution < -0.4 is 10.7 Å². The third-order valence-corrected chi connectivity index (χ3v) is 6.65. The Bertz CT molecular complexity index is 994. The Kier molecular flexibility index (Phi) is 4.25. The molecule has 1 aromatic heterocycles. The predicted molar refractivity (Wildman–Crippen MR) is 94.4 cm³/mol. The van der Waals surface area contributed by atoms with Gasteiger partial charge in [0.05, 0.1) is 17.4 Å². The van der Waals surface area contributed by atoms with Gasteiger partial charge in [-0.15, -0.1) is 0 Å². The average molecular weight is 412 g/mol. The molecular weight excluding hydrogens is 392 g/mol. The van der Waals surface area contributed by atoms with E-state index in [1.165, 1.54) is 12.3 Å². The van der Waals surface area contributed by atoms with E-state index in [4.69, 9.17) is 0 Å². The molecule has 28 heavy (non-hydrogen) atoms. The van der Waals surface area contributed by atoms with Crippen molar-refractivity contribution < 1.29 is 27.7 Å². The highest BCUT2D eigenvalue weighted by molar-refractivity contribution is 7.84. The van der Waals surface area contributed by atoms with E-state index in [1.54, 1.807) is 0 Å². The fourth-order valence-corrected chi connectivity index (χ4v) is 4.92. The van der Waals surface area contributed by atoms with Gasteiger partial charge in [0.25, 0.3) is 0 Å². The van der Waals surface area contributed by atoms with Gasteiger partial charge in [-0.2, -0.15) is 8.42 Å².